The van der Waals surface area contributed by atoms with Gasteiger partial charge in [-0.15, -0.1) is 0 Å². The molecule has 8 nitrogen and oxygen atoms in total. The van der Waals surface area contributed by atoms with E-state index in [0.717, 1.165) is 37.4 Å². The number of aryl methyl sites for hydroxylation is 2. The molecule has 0 saturated heterocycles. The van der Waals surface area contributed by atoms with Crippen LogP contribution in [0.4, 0.5) is 8.78 Å². The summed E-state index contributed by atoms with van der Waals surface area (Å²) in [5, 5.41) is 3.28. The molecule has 3 aromatic rings. The highest BCUT2D eigenvalue weighted by Crippen LogP contribution is 2.17. The molecule has 1 amide bonds. The first-order valence-electron chi connectivity index (χ1n) is 14.2. The van der Waals surface area contributed by atoms with E-state index in [4.69, 9.17) is 10.5 Å². The third-order valence-electron chi connectivity index (χ3n) is 6.64. The van der Waals surface area contributed by atoms with Gasteiger partial charge in [-0.1, -0.05) is 13.8 Å². The summed E-state index contributed by atoms with van der Waals surface area (Å²) in [5.41, 5.74) is 8.24. The molecule has 0 aliphatic rings. The van der Waals surface area contributed by atoms with Gasteiger partial charge >= 0.3 is 5.97 Å². The van der Waals surface area contributed by atoms with Crippen molar-refractivity contribution in [2.75, 3.05) is 26.2 Å². The van der Waals surface area contributed by atoms with Gasteiger partial charge in [0.05, 0.1) is 11.9 Å². The van der Waals surface area contributed by atoms with Crippen LogP contribution >= 0.6 is 0 Å². The lowest BCUT2D eigenvalue weighted by molar-refractivity contribution is 0.0239. The Kier molecular flexibility index (Phi) is 12.4. The summed E-state index contributed by atoms with van der Waals surface area (Å²) in [5.74, 6) is -2.15. The number of hydrogen-bond donors (Lipinski definition) is 2. The van der Waals surface area contributed by atoms with E-state index in [1.54, 1.807) is 35.6 Å². The molecule has 222 valence electrons. The summed E-state index contributed by atoms with van der Waals surface area (Å²) >= 11 is 0. The number of benzene rings is 2. The Labute approximate surface area is 240 Å². The van der Waals surface area contributed by atoms with Crippen LogP contribution < -0.4 is 11.1 Å². The maximum Gasteiger partial charge on any atom is 0.338 e. The number of nitrogens with two attached hydrogens (primary N) is 1. The molecule has 2 aromatic carbocycles. The zero-order chi connectivity index (χ0) is 29.8. The highest BCUT2D eigenvalue weighted by atomic mass is 19.1. The molecule has 0 bridgehead atoms. The van der Waals surface area contributed by atoms with Crippen molar-refractivity contribution >= 4 is 11.9 Å². The summed E-state index contributed by atoms with van der Waals surface area (Å²) in [4.78, 5) is 32.4. The first-order chi connectivity index (χ1) is 19.7. The van der Waals surface area contributed by atoms with Crippen LogP contribution in [0.15, 0.2) is 55.1 Å². The zero-order valence-electron chi connectivity index (χ0n) is 24.1. The third-order valence-corrected chi connectivity index (χ3v) is 6.64. The monoisotopic (exact) mass is 569 g/mol. The molecule has 41 heavy (non-hydrogen) atoms. The van der Waals surface area contributed by atoms with Crippen molar-refractivity contribution in [1.29, 1.82) is 0 Å². The Balaban J connectivity index is 1.74. The quantitative estimate of drug-likeness (QED) is 0.195. The number of rotatable bonds is 16. The predicted octanol–water partition coefficient (Wildman–Crippen LogP) is 4.51. The van der Waals surface area contributed by atoms with Crippen LogP contribution in [0.2, 0.25) is 0 Å². The van der Waals surface area contributed by atoms with Gasteiger partial charge in [0.15, 0.2) is 0 Å². The van der Waals surface area contributed by atoms with Gasteiger partial charge in [0.25, 0.3) is 5.91 Å². The lowest BCUT2D eigenvalue weighted by atomic mass is 10.0. The van der Waals surface area contributed by atoms with Crippen molar-refractivity contribution in [3.63, 3.8) is 0 Å². The van der Waals surface area contributed by atoms with Crippen molar-refractivity contribution in [2.24, 2.45) is 5.73 Å². The highest BCUT2D eigenvalue weighted by Gasteiger charge is 2.25. The highest BCUT2D eigenvalue weighted by molar-refractivity contribution is 5.98. The van der Waals surface area contributed by atoms with Crippen LogP contribution in [-0.4, -0.2) is 64.7 Å². The Bertz CT molecular complexity index is 1240. The molecule has 1 heterocycles. The van der Waals surface area contributed by atoms with E-state index in [-0.39, 0.29) is 24.4 Å². The van der Waals surface area contributed by atoms with Gasteiger partial charge in [-0.3, -0.25) is 4.79 Å². The SMILES string of the molecule is CCCN(CCC)C(=O)c1cc(C)cc(C(=O)OC(CNCCCn2ccnc2)C(N)Cc2cc(F)cc(F)c2)c1. The fourth-order valence-electron chi connectivity index (χ4n) is 4.73. The van der Waals surface area contributed by atoms with Gasteiger partial charge in [-0.2, -0.15) is 0 Å². The van der Waals surface area contributed by atoms with E-state index >= 15 is 0 Å². The van der Waals surface area contributed by atoms with Gasteiger partial charge in [-0.05, 0) is 80.6 Å². The summed E-state index contributed by atoms with van der Waals surface area (Å²) < 4.78 is 35.4. The van der Waals surface area contributed by atoms with Crippen molar-refractivity contribution in [3.8, 4) is 0 Å². The molecular formula is C31H41F2N5O3. The average Bonchev–Trinajstić information content (AvgIpc) is 3.44. The summed E-state index contributed by atoms with van der Waals surface area (Å²) in [7, 11) is 0. The zero-order valence-corrected chi connectivity index (χ0v) is 24.1. The Hall–Kier alpha value is -3.63. The Morgan fingerprint density at radius 1 is 1.05 bits per heavy atom. The number of nitrogens with zero attached hydrogens (tertiary/aromatic N) is 3. The topological polar surface area (TPSA) is 102 Å². The van der Waals surface area contributed by atoms with E-state index in [1.165, 1.54) is 12.1 Å². The van der Waals surface area contributed by atoms with Crippen LogP contribution in [0.1, 0.15) is 65.0 Å². The molecule has 0 aliphatic heterocycles. The predicted molar refractivity (Wildman–Crippen MR) is 155 cm³/mol. The summed E-state index contributed by atoms with van der Waals surface area (Å²) in [6.45, 7) is 8.74. The number of aromatic nitrogens is 2. The summed E-state index contributed by atoms with van der Waals surface area (Å²) in [6, 6.07) is 7.49. The number of imidazole rings is 1. The second-order valence-electron chi connectivity index (χ2n) is 10.3. The number of halogens is 2. The minimum Gasteiger partial charge on any atom is -0.456 e. The fraction of sp³-hybridized carbons (Fsp3) is 0.452. The largest absolute Gasteiger partial charge is 0.456 e. The minimum absolute atomic E-state index is 0.101. The molecule has 0 fully saturated rings. The van der Waals surface area contributed by atoms with E-state index in [0.29, 0.717) is 30.8 Å². The van der Waals surface area contributed by atoms with Crippen molar-refractivity contribution in [2.45, 2.75) is 65.1 Å². The van der Waals surface area contributed by atoms with Gasteiger partial charge in [0.1, 0.15) is 17.7 Å². The van der Waals surface area contributed by atoms with E-state index in [9.17, 15) is 18.4 Å². The molecule has 10 heteroatoms. The second-order valence-corrected chi connectivity index (χ2v) is 10.3. The minimum atomic E-state index is -0.793. The number of esters is 1. The lowest BCUT2D eigenvalue weighted by Gasteiger charge is -2.25. The van der Waals surface area contributed by atoms with E-state index in [2.05, 4.69) is 10.3 Å². The summed E-state index contributed by atoms with van der Waals surface area (Å²) in [6.07, 6.45) is 7.10. The van der Waals surface area contributed by atoms with Crippen LogP contribution in [0, 0.1) is 18.6 Å². The van der Waals surface area contributed by atoms with Gasteiger partial charge in [0.2, 0.25) is 0 Å². The number of hydrogen-bond acceptors (Lipinski definition) is 6. The average molecular weight is 570 g/mol. The molecule has 3 rings (SSSR count). The van der Waals surface area contributed by atoms with Crippen LogP contribution in [0.5, 0.6) is 0 Å². The maximum atomic E-state index is 13.8. The third kappa shape index (κ3) is 10.1. The van der Waals surface area contributed by atoms with E-state index in [1.807, 2.05) is 31.5 Å². The lowest BCUT2D eigenvalue weighted by Crippen LogP contribution is -2.46. The van der Waals surface area contributed by atoms with Gasteiger partial charge in [-0.25, -0.2) is 18.6 Å². The van der Waals surface area contributed by atoms with E-state index < -0.39 is 29.7 Å². The smallest absolute Gasteiger partial charge is 0.338 e. The van der Waals surface area contributed by atoms with Crippen LogP contribution in [-0.2, 0) is 17.7 Å². The second kappa shape index (κ2) is 16.0. The standard InChI is InChI=1S/C31H41F2N5O3/c1-4-9-38(10-5-2)30(39)24-13-22(3)14-25(18-24)31(40)41-29(20-35-7-6-11-37-12-8-36-21-37)28(34)17-23-15-26(32)19-27(33)16-23/h8,12-16,18-19,21,28-29,35H,4-7,9-11,17,20,34H2,1-3H3. The number of carbonyl (C=O) groups is 2. The Morgan fingerprint density at radius 3 is 2.37 bits per heavy atom. The first-order valence-corrected chi connectivity index (χ1v) is 14.2. The van der Waals surface area contributed by atoms with Crippen molar-refractivity contribution in [3.05, 3.63) is 89.0 Å². The van der Waals surface area contributed by atoms with Crippen LogP contribution in [0.3, 0.4) is 0 Å². The maximum absolute atomic E-state index is 13.8. The normalized spacial score (nSPS) is 12.6. The fourth-order valence-corrected chi connectivity index (χ4v) is 4.73. The van der Waals surface area contributed by atoms with Gasteiger partial charge in [0, 0.05) is 56.2 Å². The number of amides is 1. The number of nitrogens with one attached hydrogen (secondary N) is 1. The molecule has 3 N–H and O–H groups in total. The van der Waals surface area contributed by atoms with Gasteiger partial charge < -0.3 is 25.3 Å². The number of ether oxygens (including phenoxy) is 1. The molecule has 1 aromatic heterocycles. The molecular weight excluding hydrogens is 528 g/mol. The Morgan fingerprint density at radius 2 is 1.73 bits per heavy atom. The molecule has 0 spiro atoms. The van der Waals surface area contributed by atoms with Crippen LogP contribution in [0.25, 0.3) is 0 Å². The van der Waals surface area contributed by atoms with Crippen molar-refractivity contribution in [1.82, 2.24) is 19.8 Å². The number of carbonyl (C=O) groups excluding carboxylic acids is 2. The molecule has 2 atom stereocenters. The molecule has 0 saturated carbocycles. The molecule has 2 unspecified atom stereocenters. The molecule has 0 radical (unpaired) electrons. The molecule has 0 aliphatic carbocycles. The first kappa shape index (κ1) is 31.9. The van der Waals surface area contributed by atoms with Crippen molar-refractivity contribution < 1.29 is 23.1 Å².